The fourth-order valence-electron chi connectivity index (χ4n) is 6.35. The van der Waals surface area contributed by atoms with Crippen LogP contribution in [0.1, 0.15) is 12.7 Å². The Bertz CT molecular complexity index is 2350. The molecule has 0 aliphatic carbocycles. The van der Waals surface area contributed by atoms with E-state index in [1.54, 1.807) is 18.5 Å². The van der Waals surface area contributed by atoms with E-state index in [0.717, 1.165) is 34.0 Å². The minimum absolute atomic E-state index is 0.274. The van der Waals surface area contributed by atoms with Gasteiger partial charge in [-0.3, -0.25) is 15.0 Å². The molecule has 0 unspecified atom stereocenters. The van der Waals surface area contributed by atoms with Crippen molar-refractivity contribution in [2.24, 2.45) is 0 Å². The van der Waals surface area contributed by atoms with E-state index in [1.165, 1.54) is 21.8 Å². The number of benzene rings is 5. The van der Waals surface area contributed by atoms with E-state index >= 15 is 0 Å². The Morgan fingerprint density at radius 2 is 1.21 bits per heavy atom. The van der Waals surface area contributed by atoms with E-state index in [2.05, 4.69) is 146 Å². The van der Waals surface area contributed by atoms with Gasteiger partial charge < -0.3 is 9.47 Å². The Labute approximate surface area is 278 Å². The molecule has 8 aromatic rings. The Hall–Kier alpha value is -6.60. The molecular formula is C41H31N7. The van der Waals surface area contributed by atoms with E-state index in [4.69, 9.17) is 5.41 Å². The van der Waals surface area contributed by atoms with E-state index in [1.807, 2.05) is 35.8 Å². The van der Waals surface area contributed by atoms with Gasteiger partial charge in [0.1, 0.15) is 0 Å². The predicted molar refractivity (Wildman–Crippen MR) is 195 cm³/mol. The molecule has 0 amide bonds. The topological polar surface area (TPSA) is 75.6 Å². The molecule has 0 radical (unpaired) electrons. The molecule has 5 aromatic carbocycles. The molecular weight excluding hydrogens is 591 g/mol. The summed E-state index contributed by atoms with van der Waals surface area (Å²) in [5, 5.41) is 20.0. The van der Waals surface area contributed by atoms with Gasteiger partial charge in [0.15, 0.2) is 11.6 Å². The van der Waals surface area contributed by atoms with Gasteiger partial charge in [-0.1, -0.05) is 60.7 Å². The third-order valence-electron chi connectivity index (χ3n) is 8.49. The van der Waals surface area contributed by atoms with Crippen molar-refractivity contribution in [2.75, 3.05) is 4.90 Å². The lowest BCUT2D eigenvalue weighted by Gasteiger charge is -2.26. The lowest BCUT2D eigenvalue weighted by Crippen LogP contribution is -2.10. The van der Waals surface area contributed by atoms with Gasteiger partial charge in [0.2, 0.25) is 0 Å². The Kier molecular flexibility index (Phi) is 7.39. The highest BCUT2D eigenvalue weighted by atomic mass is 15.3. The number of aromatic nitrogens is 5. The highest BCUT2D eigenvalue weighted by molar-refractivity contribution is 6.09. The highest BCUT2D eigenvalue weighted by Gasteiger charge is 2.20. The Morgan fingerprint density at radius 1 is 0.604 bits per heavy atom. The van der Waals surface area contributed by atoms with Crippen LogP contribution in [-0.4, -0.2) is 30.0 Å². The number of para-hydroxylation sites is 3. The zero-order valence-electron chi connectivity index (χ0n) is 26.3. The summed E-state index contributed by atoms with van der Waals surface area (Å²) in [4.78, 5) is 6.55. The second-order valence-electron chi connectivity index (χ2n) is 11.4. The maximum Gasteiger partial charge on any atom is 0.186 e. The van der Waals surface area contributed by atoms with Crippen LogP contribution >= 0.6 is 0 Å². The summed E-state index contributed by atoms with van der Waals surface area (Å²) in [6.45, 7) is 1.88. The van der Waals surface area contributed by atoms with Crippen molar-refractivity contribution in [3.8, 4) is 22.8 Å². The fourth-order valence-corrected chi connectivity index (χ4v) is 6.35. The zero-order chi connectivity index (χ0) is 32.5. The first-order chi connectivity index (χ1) is 23.7. The van der Waals surface area contributed by atoms with E-state index in [9.17, 15) is 0 Å². The summed E-state index contributed by atoms with van der Waals surface area (Å²) >= 11 is 0. The molecule has 1 N–H and O–H groups in total. The molecule has 7 heteroatoms. The Morgan fingerprint density at radius 3 is 1.83 bits per heavy atom. The van der Waals surface area contributed by atoms with Crippen molar-refractivity contribution in [2.45, 2.75) is 6.92 Å². The van der Waals surface area contributed by atoms with Gasteiger partial charge in [-0.25, -0.2) is 0 Å². The lowest BCUT2D eigenvalue weighted by atomic mass is 10.1. The number of allylic oxidation sites excluding steroid dienone is 2. The van der Waals surface area contributed by atoms with Crippen molar-refractivity contribution >= 4 is 44.6 Å². The van der Waals surface area contributed by atoms with Gasteiger partial charge in [-0.05, 0) is 97.9 Å². The smallest absolute Gasteiger partial charge is 0.186 e. The predicted octanol–water partition coefficient (Wildman–Crippen LogP) is 9.84. The monoisotopic (exact) mass is 621 g/mol. The second-order valence-corrected chi connectivity index (χ2v) is 11.4. The molecule has 0 spiro atoms. The van der Waals surface area contributed by atoms with Gasteiger partial charge in [0.25, 0.3) is 0 Å². The first-order valence-electron chi connectivity index (χ1n) is 15.8. The number of hydrogen-bond acceptors (Lipinski definition) is 5. The molecule has 0 aliphatic heterocycles. The molecule has 0 fully saturated rings. The molecule has 3 heterocycles. The normalized spacial score (nSPS) is 11.4. The van der Waals surface area contributed by atoms with Crippen molar-refractivity contribution < 1.29 is 0 Å². The number of anilines is 3. The van der Waals surface area contributed by atoms with Crippen LogP contribution in [0.3, 0.4) is 0 Å². The number of rotatable bonds is 8. The number of nitrogens with zero attached hydrogens (tertiary/aromatic N) is 6. The molecule has 48 heavy (non-hydrogen) atoms. The van der Waals surface area contributed by atoms with E-state index in [0.29, 0.717) is 11.6 Å². The summed E-state index contributed by atoms with van der Waals surface area (Å²) in [6, 6.07) is 48.4. The van der Waals surface area contributed by atoms with Gasteiger partial charge in [-0.2, -0.15) is 0 Å². The lowest BCUT2D eigenvalue weighted by molar-refractivity contribution is 1.02. The molecule has 0 saturated carbocycles. The quantitative estimate of drug-likeness (QED) is 0.171. The second kappa shape index (κ2) is 12.3. The minimum Gasteiger partial charge on any atom is -0.311 e. The van der Waals surface area contributed by atoms with Crippen LogP contribution in [0.25, 0.3) is 44.6 Å². The van der Waals surface area contributed by atoms with Gasteiger partial charge >= 0.3 is 0 Å². The van der Waals surface area contributed by atoms with Crippen LogP contribution in [-0.2, 0) is 0 Å². The van der Waals surface area contributed by atoms with Crippen LogP contribution in [0.4, 0.5) is 17.1 Å². The van der Waals surface area contributed by atoms with Gasteiger partial charge in [-0.15, -0.1) is 10.2 Å². The molecule has 8 rings (SSSR count). The molecule has 3 aromatic heterocycles. The number of fused-ring (bicyclic) bond motifs is 3. The maximum absolute atomic E-state index is 8.58. The molecule has 0 bridgehead atoms. The summed E-state index contributed by atoms with van der Waals surface area (Å²) < 4.78 is 4.21. The third-order valence-corrected chi connectivity index (χ3v) is 8.49. The molecule has 0 saturated heterocycles. The van der Waals surface area contributed by atoms with Crippen molar-refractivity contribution in [3.63, 3.8) is 0 Å². The highest BCUT2D eigenvalue weighted by Crippen LogP contribution is 2.37. The molecule has 7 nitrogen and oxygen atoms in total. The van der Waals surface area contributed by atoms with Crippen LogP contribution in [0.2, 0.25) is 0 Å². The summed E-state index contributed by atoms with van der Waals surface area (Å²) in [5.74, 6) is 1.09. The average molecular weight is 622 g/mol. The van der Waals surface area contributed by atoms with Gasteiger partial charge in [0, 0.05) is 45.3 Å². The van der Waals surface area contributed by atoms with Crippen LogP contribution < -0.4 is 4.90 Å². The van der Waals surface area contributed by atoms with E-state index in [-0.39, 0.29) is 5.71 Å². The summed E-state index contributed by atoms with van der Waals surface area (Å²) in [7, 11) is 0. The van der Waals surface area contributed by atoms with Crippen LogP contribution in [0.15, 0.2) is 164 Å². The SMILES string of the molecule is C/C=C\C(=N)c1nnc(-c2ccc(N(c3ccccc3)c3ccc(-n4c5ccccc5c5ccccc54)cc3)cc2)n1-c1cccnc1. The summed E-state index contributed by atoms with van der Waals surface area (Å²) in [5.41, 5.74) is 8.52. The summed E-state index contributed by atoms with van der Waals surface area (Å²) in [6.07, 6.45) is 7.03. The van der Waals surface area contributed by atoms with Gasteiger partial charge in [0.05, 0.1) is 28.6 Å². The van der Waals surface area contributed by atoms with Crippen molar-refractivity contribution in [3.05, 3.63) is 170 Å². The fraction of sp³-hybridized carbons (Fsp3) is 0.0244. The minimum atomic E-state index is 0.274. The van der Waals surface area contributed by atoms with Crippen molar-refractivity contribution in [1.29, 1.82) is 5.41 Å². The Balaban J connectivity index is 1.19. The standard InChI is InChI=1S/C41H31N7/c1-2-11-37(42)41-45-44-40(48(41)34-14-10-27-43-28-34)29-19-21-31(22-20-29)46(30-12-4-3-5-13-30)32-23-25-33(26-24-32)47-38-17-8-6-15-35(38)36-16-7-9-18-39(36)47/h2-28,42H,1H3/b11-2-,42-37?. The average Bonchev–Trinajstić information content (AvgIpc) is 3.74. The largest absolute Gasteiger partial charge is 0.311 e. The van der Waals surface area contributed by atoms with Crippen LogP contribution in [0, 0.1) is 5.41 Å². The maximum atomic E-state index is 8.58. The van der Waals surface area contributed by atoms with E-state index < -0.39 is 0 Å². The van der Waals surface area contributed by atoms with Crippen molar-refractivity contribution in [1.82, 2.24) is 24.3 Å². The van der Waals surface area contributed by atoms with Crippen LogP contribution in [0.5, 0.6) is 0 Å². The molecule has 0 atom stereocenters. The first-order valence-corrected chi connectivity index (χ1v) is 15.8. The number of nitrogens with one attached hydrogen (secondary N) is 1. The molecule has 230 valence electrons. The third kappa shape index (κ3) is 5.04. The molecule has 0 aliphatic rings. The first kappa shape index (κ1) is 28.8. The number of pyridine rings is 1. The zero-order valence-corrected chi connectivity index (χ0v) is 26.3. The number of hydrogen-bond donors (Lipinski definition) is 1.